The first kappa shape index (κ1) is 25.1. The summed E-state index contributed by atoms with van der Waals surface area (Å²) in [6, 6.07) is 9.61. The zero-order valence-electron chi connectivity index (χ0n) is 19.3. The Labute approximate surface area is 204 Å². The van der Waals surface area contributed by atoms with Crippen LogP contribution in [0, 0.1) is 0 Å². The van der Waals surface area contributed by atoms with E-state index in [0.29, 0.717) is 35.0 Å². The summed E-state index contributed by atoms with van der Waals surface area (Å²) < 4.78 is 1.71. The number of nitrogens with one attached hydrogen (secondary N) is 1. The van der Waals surface area contributed by atoms with Crippen LogP contribution in [0.2, 0.25) is 0 Å². The Morgan fingerprint density at radius 1 is 1.24 bits per heavy atom. The molecule has 8 nitrogen and oxygen atoms in total. The lowest BCUT2D eigenvalue weighted by molar-refractivity contribution is -0.122. The fourth-order valence-electron chi connectivity index (χ4n) is 4.07. The molecule has 0 saturated carbocycles. The highest BCUT2D eigenvalue weighted by Crippen LogP contribution is 2.31. The molecule has 33 heavy (non-hydrogen) atoms. The Hall–Kier alpha value is -2.49. The Bertz CT molecular complexity index is 1150. The third kappa shape index (κ3) is 5.54. The van der Waals surface area contributed by atoms with E-state index in [9.17, 15) is 9.59 Å². The summed E-state index contributed by atoms with van der Waals surface area (Å²) in [7, 11) is 4.02. The molecule has 4 rings (SSSR count). The molecular weight excluding hydrogens is 460 g/mol. The Morgan fingerprint density at radius 2 is 2.00 bits per heavy atom. The van der Waals surface area contributed by atoms with Gasteiger partial charge in [-0.1, -0.05) is 41.7 Å². The highest BCUT2D eigenvalue weighted by molar-refractivity contribution is 7.21. The Balaban J connectivity index is 0.00000306. The van der Waals surface area contributed by atoms with E-state index in [2.05, 4.69) is 15.2 Å². The van der Waals surface area contributed by atoms with Crippen LogP contribution < -0.4 is 15.8 Å². The van der Waals surface area contributed by atoms with Gasteiger partial charge in [0.25, 0.3) is 5.56 Å². The van der Waals surface area contributed by atoms with Gasteiger partial charge in [-0.2, -0.15) is 0 Å². The van der Waals surface area contributed by atoms with Gasteiger partial charge in [0.1, 0.15) is 11.9 Å². The van der Waals surface area contributed by atoms with E-state index in [1.807, 2.05) is 56.3 Å². The van der Waals surface area contributed by atoms with Crippen molar-refractivity contribution in [2.75, 3.05) is 32.1 Å². The summed E-state index contributed by atoms with van der Waals surface area (Å²) in [6.45, 7) is 4.58. The number of rotatable bonds is 8. The van der Waals surface area contributed by atoms with E-state index in [4.69, 9.17) is 4.98 Å². The number of likely N-dealkylation sites (N-methyl/N-ethyl adjacent to an activating group) is 1. The average molecular weight is 491 g/mol. The second-order valence-electron chi connectivity index (χ2n) is 8.34. The number of benzene rings is 1. The number of halogens is 1. The van der Waals surface area contributed by atoms with Crippen molar-refractivity contribution in [3.05, 3.63) is 52.1 Å². The zero-order valence-corrected chi connectivity index (χ0v) is 20.9. The maximum atomic E-state index is 13.1. The van der Waals surface area contributed by atoms with E-state index >= 15 is 0 Å². The number of anilines is 1. The Kier molecular flexibility index (Phi) is 8.45. The summed E-state index contributed by atoms with van der Waals surface area (Å²) in [6.07, 6.45) is 2.39. The van der Waals surface area contributed by atoms with Gasteiger partial charge >= 0.3 is 0 Å². The lowest BCUT2D eigenvalue weighted by atomic mass is 10.2. The van der Waals surface area contributed by atoms with E-state index in [-0.39, 0.29) is 29.9 Å². The molecule has 0 radical (unpaired) electrons. The van der Waals surface area contributed by atoms with Crippen molar-refractivity contribution in [2.45, 2.75) is 45.3 Å². The van der Waals surface area contributed by atoms with Crippen LogP contribution in [0.15, 0.2) is 35.1 Å². The van der Waals surface area contributed by atoms with Gasteiger partial charge in [-0.25, -0.2) is 9.97 Å². The standard InChI is InChI=1S/C23H30N6O2S.ClH/c1-4-28-18(12-14-27(2)3)25-21-19(22(28)31)26-23(32-21)29-13-8-11-17(29)20(30)24-15-16-9-6-5-7-10-16;/h5-7,9-10,17H,4,8,11-15H2,1-3H3,(H,24,30);1H. The minimum Gasteiger partial charge on any atom is -0.350 e. The van der Waals surface area contributed by atoms with Gasteiger partial charge in [0.15, 0.2) is 15.5 Å². The quantitative estimate of drug-likeness (QED) is 0.522. The van der Waals surface area contributed by atoms with Gasteiger partial charge in [0.2, 0.25) is 5.91 Å². The first-order valence-corrected chi connectivity index (χ1v) is 11.9. The van der Waals surface area contributed by atoms with Gasteiger partial charge in [-0.3, -0.25) is 14.2 Å². The number of carbonyl (C=O) groups excluding carboxylic acids is 1. The average Bonchev–Trinajstić information content (AvgIpc) is 3.44. The second kappa shape index (κ2) is 11.1. The molecule has 1 unspecified atom stereocenters. The lowest BCUT2D eigenvalue weighted by Crippen LogP contribution is -2.43. The van der Waals surface area contributed by atoms with E-state index in [1.165, 1.54) is 11.3 Å². The molecule has 1 saturated heterocycles. The van der Waals surface area contributed by atoms with Crippen LogP contribution in [0.25, 0.3) is 10.3 Å². The number of hydrogen-bond acceptors (Lipinski definition) is 7. The highest BCUT2D eigenvalue weighted by Gasteiger charge is 2.33. The predicted molar refractivity (Wildman–Crippen MR) is 136 cm³/mol. The van der Waals surface area contributed by atoms with Crippen LogP contribution >= 0.6 is 23.7 Å². The number of amides is 1. The molecule has 178 valence electrons. The number of carbonyl (C=O) groups is 1. The van der Waals surface area contributed by atoms with Crippen LogP contribution in [0.3, 0.4) is 0 Å². The number of nitrogens with zero attached hydrogens (tertiary/aromatic N) is 5. The normalized spacial score (nSPS) is 15.8. The third-order valence-electron chi connectivity index (χ3n) is 5.80. The first-order chi connectivity index (χ1) is 15.5. The summed E-state index contributed by atoms with van der Waals surface area (Å²) in [4.78, 5) is 40.2. The van der Waals surface area contributed by atoms with Crippen molar-refractivity contribution < 1.29 is 4.79 Å². The van der Waals surface area contributed by atoms with Gasteiger partial charge in [-0.05, 0) is 39.4 Å². The molecule has 3 heterocycles. The monoisotopic (exact) mass is 490 g/mol. The van der Waals surface area contributed by atoms with Crippen molar-refractivity contribution in [1.29, 1.82) is 0 Å². The predicted octanol–water partition coefficient (Wildman–Crippen LogP) is 2.68. The summed E-state index contributed by atoms with van der Waals surface area (Å²) >= 11 is 1.41. The molecular formula is C23H31ClN6O2S. The van der Waals surface area contributed by atoms with Crippen LogP contribution in [0.1, 0.15) is 31.2 Å². The van der Waals surface area contributed by atoms with Gasteiger partial charge in [0.05, 0.1) is 0 Å². The minimum absolute atomic E-state index is 0. The third-order valence-corrected chi connectivity index (χ3v) is 6.78. The topological polar surface area (TPSA) is 83.4 Å². The molecule has 10 heteroatoms. The molecule has 0 spiro atoms. The zero-order chi connectivity index (χ0) is 22.7. The molecule has 1 aromatic carbocycles. The van der Waals surface area contributed by atoms with Crippen LogP contribution in [0.4, 0.5) is 5.13 Å². The molecule has 1 aliphatic heterocycles. The molecule has 1 atom stereocenters. The fraction of sp³-hybridized carbons (Fsp3) is 0.478. The minimum atomic E-state index is -0.277. The molecule has 1 N–H and O–H groups in total. The van der Waals surface area contributed by atoms with Crippen molar-refractivity contribution in [1.82, 2.24) is 24.8 Å². The van der Waals surface area contributed by atoms with Crippen molar-refractivity contribution in [2.24, 2.45) is 0 Å². The van der Waals surface area contributed by atoms with E-state index in [1.54, 1.807) is 4.57 Å². The largest absolute Gasteiger partial charge is 0.350 e. The number of fused-ring (bicyclic) bond motifs is 1. The summed E-state index contributed by atoms with van der Waals surface area (Å²) in [5.41, 5.74) is 1.37. The van der Waals surface area contributed by atoms with Crippen LogP contribution in [-0.4, -0.2) is 58.6 Å². The SMILES string of the molecule is CCn1c(CCN(C)C)nc2sc(N3CCCC3C(=O)NCc3ccccc3)nc2c1=O.Cl. The molecule has 1 aliphatic rings. The van der Waals surface area contributed by atoms with Crippen LogP contribution in [0.5, 0.6) is 0 Å². The molecule has 0 aliphatic carbocycles. The molecule has 1 amide bonds. The van der Waals surface area contributed by atoms with Gasteiger partial charge < -0.3 is 15.1 Å². The molecule has 3 aromatic rings. The van der Waals surface area contributed by atoms with Crippen LogP contribution in [-0.2, 0) is 24.3 Å². The second-order valence-corrected chi connectivity index (χ2v) is 9.29. The van der Waals surface area contributed by atoms with Crippen molar-refractivity contribution >= 4 is 45.1 Å². The maximum Gasteiger partial charge on any atom is 0.281 e. The molecule has 0 bridgehead atoms. The Morgan fingerprint density at radius 3 is 2.70 bits per heavy atom. The number of thiazole rings is 1. The summed E-state index contributed by atoms with van der Waals surface area (Å²) in [5, 5.41) is 3.75. The number of hydrogen-bond donors (Lipinski definition) is 1. The van der Waals surface area contributed by atoms with Gasteiger partial charge in [-0.15, -0.1) is 12.4 Å². The van der Waals surface area contributed by atoms with E-state index in [0.717, 1.165) is 37.3 Å². The number of aromatic nitrogens is 3. The lowest BCUT2D eigenvalue weighted by Gasteiger charge is -2.23. The summed E-state index contributed by atoms with van der Waals surface area (Å²) in [5.74, 6) is 0.781. The fourth-order valence-corrected chi connectivity index (χ4v) is 5.10. The van der Waals surface area contributed by atoms with Crippen molar-refractivity contribution in [3.63, 3.8) is 0 Å². The van der Waals surface area contributed by atoms with Crippen molar-refractivity contribution in [3.8, 4) is 0 Å². The maximum absolute atomic E-state index is 13.1. The smallest absolute Gasteiger partial charge is 0.281 e. The first-order valence-electron chi connectivity index (χ1n) is 11.1. The highest BCUT2D eigenvalue weighted by atomic mass is 35.5. The molecule has 1 fully saturated rings. The molecule has 2 aromatic heterocycles. The van der Waals surface area contributed by atoms with Gasteiger partial charge in [0, 0.05) is 32.6 Å². The van der Waals surface area contributed by atoms with E-state index < -0.39 is 0 Å².